The standard InChI is InChI=1S/C17H26N2O3/c1-17(2,3)22-11-12-8-13(15(20)18(4)5)10-14(9-12)16(21)19(6)7/h8-10H,11H2,1-7H3. The summed E-state index contributed by atoms with van der Waals surface area (Å²) in [6.45, 7) is 6.25. The Balaban J connectivity index is 3.20. The van der Waals surface area contributed by atoms with Crippen LogP contribution in [-0.4, -0.2) is 55.4 Å². The van der Waals surface area contributed by atoms with Crippen LogP contribution >= 0.6 is 0 Å². The fourth-order valence-electron chi connectivity index (χ4n) is 1.84. The average Bonchev–Trinajstić information content (AvgIpc) is 2.42. The minimum absolute atomic E-state index is 0.134. The van der Waals surface area contributed by atoms with Gasteiger partial charge in [-0.2, -0.15) is 0 Å². The molecule has 0 heterocycles. The van der Waals surface area contributed by atoms with Gasteiger partial charge in [-0.25, -0.2) is 0 Å². The number of amides is 2. The van der Waals surface area contributed by atoms with Crippen LogP contribution in [0.1, 0.15) is 47.1 Å². The molecule has 22 heavy (non-hydrogen) atoms. The monoisotopic (exact) mass is 306 g/mol. The van der Waals surface area contributed by atoms with E-state index in [9.17, 15) is 9.59 Å². The highest BCUT2D eigenvalue weighted by atomic mass is 16.5. The molecule has 0 bridgehead atoms. The number of hydrogen-bond acceptors (Lipinski definition) is 3. The van der Waals surface area contributed by atoms with Crippen molar-refractivity contribution in [3.63, 3.8) is 0 Å². The Bertz CT molecular complexity index is 519. The van der Waals surface area contributed by atoms with Crippen LogP contribution in [0.3, 0.4) is 0 Å². The lowest BCUT2D eigenvalue weighted by atomic mass is 10.0. The van der Waals surface area contributed by atoms with Crippen LogP contribution < -0.4 is 0 Å². The maximum absolute atomic E-state index is 12.2. The van der Waals surface area contributed by atoms with Gasteiger partial charge >= 0.3 is 0 Å². The molecular formula is C17H26N2O3. The smallest absolute Gasteiger partial charge is 0.253 e. The Morgan fingerprint density at radius 2 is 1.32 bits per heavy atom. The lowest BCUT2D eigenvalue weighted by Gasteiger charge is -2.21. The lowest BCUT2D eigenvalue weighted by Crippen LogP contribution is -2.25. The molecule has 0 N–H and O–H groups in total. The van der Waals surface area contributed by atoms with Crippen molar-refractivity contribution in [2.24, 2.45) is 0 Å². The molecule has 0 aliphatic carbocycles. The molecule has 1 aromatic rings. The van der Waals surface area contributed by atoms with Crippen molar-refractivity contribution >= 4 is 11.8 Å². The predicted molar refractivity (Wildman–Crippen MR) is 87.0 cm³/mol. The quantitative estimate of drug-likeness (QED) is 0.858. The number of nitrogens with zero attached hydrogens (tertiary/aromatic N) is 2. The molecule has 0 spiro atoms. The molecule has 0 saturated heterocycles. The summed E-state index contributed by atoms with van der Waals surface area (Å²) in [6, 6.07) is 5.19. The van der Waals surface area contributed by atoms with Crippen molar-refractivity contribution in [2.45, 2.75) is 33.0 Å². The van der Waals surface area contributed by atoms with Gasteiger partial charge in [0, 0.05) is 39.3 Å². The van der Waals surface area contributed by atoms with E-state index < -0.39 is 0 Å². The first kappa shape index (κ1) is 18.2. The molecule has 1 rings (SSSR count). The summed E-state index contributed by atoms with van der Waals surface area (Å²) in [4.78, 5) is 27.4. The highest BCUT2D eigenvalue weighted by molar-refractivity contribution is 5.99. The molecule has 0 saturated carbocycles. The van der Waals surface area contributed by atoms with E-state index in [0.29, 0.717) is 17.7 Å². The lowest BCUT2D eigenvalue weighted by molar-refractivity contribution is -0.0149. The average molecular weight is 306 g/mol. The number of benzene rings is 1. The summed E-state index contributed by atoms with van der Waals surface area (Å²) >= 11 is 0. The van der Waals surface area contributed by atoms with Crippen molar-refractivity contribution in [2.75, 3.05) is 28.2 Å². The summed E-state index contributed by atoms with van der Waals surface area (Å²) < 4.78 is 5.76. The van der Waals surface area contributed by atoms with Crippen molar-refractivity contribution in [3.8, 4) is 0 Å². The summed E-state index contributed by atoms with van der Waals surface area (Å²) in [5.74, 6) is -0.268. The van der Waals surface area contributed by atoms with Gasteiger partial charge in [-0.3, -0.25) is 9.59 Å². The Hall–Kier alpha value is -1.88. The van der Waals surface area contributed by atoms with Gasteiger partial charge in [0.1, 0.15) is 0 Å². The topological polar surface area (TPSA) is 49.9 Å². The highest BCUT2D eigenvalue weighted by Gasteiger charge is 2.17. The van der Waals surface area contributed by atoms with E-state index in [1.807, 2.05) is 20.8 Å². The summed E-state index contributed by atoms with van der Waals surface area (Å²) in [5.41, 5.74) is 1.51. The Morgan fingerprint density at radius 3 is 1.64 bits per heavy atom. The zero-order chi connectivity index (χ0) is 17.1. The van der Waals surface area contributed by atoms with Crippen LogP contribution in [0.15, 0.2) is 18.2 Å². The highest BCUT2D eigenvalue weighted by Crippen LogP contribution is 2.17. The van der Waals surface area contributed by atoms with Crippen LogP contribution in [0.5, 0.6) is 0 Å². The number of hydrogen-bond donors (Lipinski definition) is 0. The first-order valence-corrected chi connectivity index (χ1v) is 7.22. The van der Waals surface area contributed by atoms with E-state index in [-0.39, 0.29) is 17.4 Å². The van der Waals surface area contributed by atoms with E-state index in [0.717, 1.165) is 5.56 Å². The van der Waals surface area contributed by atoms with Crippen molar-refractivity contribution in [1.29, 1.82) is 0 Å². The summed E-state index contributed by atoms with van der Waals surface area (Å²) in [5, 5.41) is 0. The zero-order valence-electron chi connectivity index (χ0n) is 14.6. The molecule has 5 nitrogen and oxygen atoms in total. The van der Waals surface area contributed by atoms with Crippen LogP contribution in [0.2, 0.25) is 0 Å². The van der Waals surface area contributed by atoms with Crippen molar-refractivity contribution in [3.05, 3.63) is 34.9 Å². The van der Waals surface area contributed by atoms with E-state index in [4.69, 9.17) is 4.74 Å². The van der Waals surface area contributed by atoms with Crippen molar-refractivity contribution < 1.29 is 14.3 Å². The molecule has 0 aliphatic heterocycles. The predicted octanol–water partition coefficient (Wildman–Crippen LogP) is 2.41. The minimum atomic E-state index is -0.284. The number of carbonyl (C=O) groups excluding carboxylic acids is 2. The largest absolute Gasteiger partial charge is 0.371 e. The number of carbonyl (C=O) groups is 2. The first-order valence-electron chi connectivity index (χ1n) is 7.22. The molecule has 0 unspecified atom stereocenters. The molecule has 0 atom stereocenters. The van der Waals surface area contributed by atoms with Gasteiger partial charge in [-0.15, -0.1) is 0 Å². The fraction of sp³-hybridized carbons (Fsp3) is 0.529. The molecule has 0 radical (unpaired) electrons. The molecule has 2 amide bonds. The Kier molecular flexibility index (Phi) is 5.72. The second-order valence-electron chi connectivity index (χ2n) is 6.72. The number of ether oxygens (including phenoxy) is 1. The van der Waals surface area contributed by atoms with Crippen molar-refractivity contribution in [1.82, 2.24) is 9.80 Å². The minimum Gasteiger partial charge on any atom is -0.371 e. The normalized spacial score (nSPS) is 11.2. The Morgan fingerprint density at radius 1 is 0.909 bits per heavy atom. The summed E-state index contributed by atoms with van der Waals surface area (Å²) in [7, 11) is 6.75. The molecule has 5 heteroatoms. The van der Waals surface area contributed by atoms with Gasteiger partial charge in [-0.05, 0) is 44.5 Å². The maximum atomic E-state index is 12.2. The zero-order valence-corrected chi connectivity index (χ0v) is 14.6. The van der Waals surface area contributed by atoms with Crippen LogP contribution in [0.4, 0.5) is 0 Å². The van der Waals surface area contributed by atoms with Gasteiger partial charge in [0.2, 0.25) is 0 Å². The second-order valence-corrected chi connectivity index (χ2v) is 6.72. The molecule has 0 aromatic heterocycles. The van der Waals surface area contributed by atoms with E-state index in [1.54, 1.807) is 46.4 Å². The second kappa shape index (κ2) is 6.92. The molecular weight excluding hydrogens is 280 g/mol. The molecule has 0 aliphatic rings. The van der Waals surface area contributed by atoms with Crippen LogP contribution in [0.25, 0.3) is 0 Å². The van der Waals surface area contributed by atoms with E-state index >= 15 is 0 Å². The Labute approximate surface area is 132 Å². The van der Waals surface area contributed by atoms with Gasteiger partial charge in [0.05, 0.1) is 12.2 Å². The maximum Gasteiger partial charge on any atom is 0.253 e. The van der Waals surface area contributed by atoms with E-state index in [2.05, 4.69) is 0 Å². The third kappa shape index (κ3) is 5.15. The number of rotatable bonds is 4. The SMILES string of the molecule is CN(C)C(=O)c1cc(COC(C)(C)C)cc(C(=O)N(C)C)c1. The molecule has 122 valence electrons. The fourth-order valence-corrected chi connectivity index (χ4v) is 1.84. The van der Waals surface area contributed by atoms with Gasteiger partial charge in [-0.1, -0.05) is 0 Å². The van der Waals surface area contributed by atoms with Crippen LogP contribution in [0, 0.1) is 0 Å². The van der Waals surface area contributed by atoms with Gasteiger partial charge < -0.3 is 14.5 Å². The third-order valence-electron chi connectivity index (χ3n) is 2.97. The van der Waals surface area contributed by atoms with Crippen LogP contribution in [-0.2, 0) is 11.3 Å². The van der Waals surface area contributed by atoms with Gasteiger partial charge in [0.25, 0.3) is 11.8 Å². The van der Waals surface area contributed by atoms with E-state index in [1.165, 1.54) is 9.80 Å². The third-order valence-corrected chi connectivity index (χ3v) is 2.97. The van der Waals surface area contributed by atoms with Gasteiger partial charge in [0.15, 0.2) is 0 Å². The molecule has 1 aromatic carbocycles. The molecule has 0 fully saturated rings. The summed E-state index contributed by atoms with van der Waals surface area (Å²) in [6.07, 6.45) is 0. The first-order chi connectivity index (χ1) is 10.0.